The number of aromatic hydroxyl groups is 1. The number of carbonyl (C=O) groups excluding carboxylic acids is 1. The van der Waals surface area contributed by atoms with E-state index in [1.165, 1.54) is 10.4 Å². The predicted molar refractivity (Wildman–Crippen MR) is 107 cm³/mol. The van der Waals surface area contributed by atoms with E-state index in [1.54, 1.807) is 33.7 Å². The monoisotopic (exact) mass is 394 g/mol. The summed E-state index contributed by atoms with van der Waals surface area (Å²) in [5, 5.41) is 10.3. The number of phenols is 1. The number of nitrogens with zero attached hydrogens (tertiary/aromatic N) is 2. The number of hydrogen-bond donors (Lipinski definition) is 1. The van der Waals surface area contributed by atoms with Crippen molar-refractivity contribution in [2.24, 2.45) is 0 Å². The van der Waals surface area contributed by atoms with Gasteiger partial charge in [0.05, 0.1) is 4.88 Å². The first-order valence-electron chi connectivity index (χ1n) is 8.41. The van der Waals surface area contributed by atoms with Gasteiger partial charge in [-0.05, 0) is 35.7 Å². The highest BCUT2D eigenvalue weighted by Crippen LogP contribution is 2.37. The quantitative estimate of drug-likeness (QED) is 0.625. The summed E-state index contributed by atoms with van der Waals surface area (Å²) in [5.74, 6) is 0.463. The SMILES string of the molecule is CCc1c(-c2ccc(O)c(CN3CCN(C(C)=O)CC3)c2)ssc1=S. The molecule has 2 heterocycles. The van der Waals surface area contributed by atoms with Crippen LogP contribution in [0.3, 0.4) is 0 Å². The van der Waals surface area contributed by atoms with E-state index in [2.05, 4.69) is 17.9 Å². The summed E-state index contributed by atoms with van der Waals surface area (Å²) in [4.78, 5) is 16.8. The highest BCUT2D eigenvalue weighted by atomic mass is 32.9. The summed E-state index contributed by atoms with van der Waals surface area (Å²) in [6.07, 6.45) is 0.928. The van der Waals surface area contributed by atoms with E-state index in [9.17, 15) is 9.90 Å². The molecule has 0 bridgehead atoms. The molecule has 25 heavy (non-hydrogen) atoms. The minimum Gasteiger partial charge on any atom is -0.508 e. The molecule has 134 valence electrons. The smallest absolute Gasteiger partial charge is 0.219 e. The minimum atomic E-state index is 0.134. The highest BCUT2D eigenvalue weighted by Gasteiger charge is 2.20. The number of rotatable bonds is 4. The summed E-state index contributed by atoms with van der Waals surface area (Å²) in [5.41, 5.74) is 3.29. The van der Waals surface area contributed by atoms with Gasteiger partial charge in [0, 0.05) is 45.2 Å². The number of piperazine rings is 1. The van der Waals surface area contributed by atoms with E-state index in [1.807, 2.05) is 11.0 Å². The summed E-state index contributed by atoms with van der Waals surface area (Å²) in [7, 11) is 3.36. The van der Waals surface area contributed by atoms with Crippen molar-refractivity contribution in [2.45, 2.75) is 26.8 Å². The van der Waals surface area contributed by atoms with E-state index in [0.29, 0.717) is 12.3 Å². The molecule has 0 radical (unpaired) electrons. The average molecular weight is 395 g/mol. The third-order valence-electron chi connectivity index (χ3n) is 4.63. The Morgan fingerprint density at radius 1 is 1.24 bits per heavy atom. The molecule has 3 rings (SSSR count). The van der Waals surface area contributed by atoms with Crippen LogP contribution in [0.5, 0.6) is 5.75 Å². The first kappa shape index (κ1) is 18.5. The van der Waals surface area contributed by atoms with E-state index in [0.717, 1.165) is 47.6 Å². The maximum absolute atomic E-state index is 11.4. The normalized spacial score (nSPS) is 15.5. The lowest BCUT2D eigenvalue weighted by Gasteiger charge is -2.34. The fraction of sp³-hybridized carbons (Fsp3) is 0.444. The molecule has 4 nitrogen and oxygen atoms in total. The maximum atomic E-state index is 11.4. The van der Waals surface area contributed by atoms with Crippen LogP contribution in [0.15, 0.2) is 18.2 Å². The van der Waals surface area contributed by atoms with Gasteiger partial charge < -0.3 is 10.0 Å². The van der Waals surface area contributed by atoms with Crippen LogP contribution in [-0.4, -0.2) is 47.0 Å². The molecule has 0 atom stereocenters. The standard InChI is InChI=1S/C18H22N2O2S3/c1-3-15-17(24-25-18(15)23)13-4-5-16(22)14(10-13)11-19-6-8-20(9-7-19)12(2)21/h4-5,10,22H,3,6-9,11H2,1-2H3. The van der Waals surface area contributed by atoms with Crippen molar-refractivity contribution in [1.82, 2.24) is 9.80 Å². The van der Waals surface area contributed by atoms with Gasteiger partial charge in [-0.1, -0.05) is 39.8 Å². The van der Waals surface area contributed by atoms with E-state index >= 15 is 0 Å². The Labute approximate surface area is 160 Å². The fourth-order valence-electron chi connectivity index (χ4n) is 3.12. The van der Waals surface area contributed by atoms with Gasteiger partial charge in [0.2, 0.25) is 5.91 Å². The van der Waals surface area contributed by atoms with E-state index in [4.69, 9.17) is 12.2 Å². The Hall–Kier alpha value is -1.28. The van der Waals surface area contributed by atoms with Crippen molar-refractivity contribution in [3.8, 4) is 16.2 Å². The third-order valence-corrected chi connectivity index (χ3v) is 7.82. The molecule has 7 heteroatoms. The lowest BCUT2D eigenvalue weighted by Crippen LogP contribution is -2.47. The zero-order valence-electron chi connectivity index (χ0n) is 14.4. The zero-order valence-corrected chi connectivity index (χ0v) is 16.9. The molecular formula is C18H22N2O2S3. The summed E-state index contributed by atoms with van der Waals surface area (Å²) in [6.45, 7) is 7.61. The number of carbonyl (C=O) groups is 1. The van der Waals surface area contributed by atoms with Gasteiger partial charge in [0.1, 0.15) is 9.57 Å². The lowest BCUT2D eigenvalue weighted by atomic mass is 10.0. The second-order valence-electron chi connectivity index (χ2n) is 6.24. The Morgan fingerprint density at radius 3 is 2.60 bits per heavy atom. The van der Waals surface area contributed by atoms with Crippen molar-refractivity contribution in [1.29, 1.82) is 0 Å². The molecule has 2 aromatic rings. The van der Waals surface area contributed by atoms with Gasteiger partial charge >= 0.3 is 0 Å². The zero-order chi connectivity index (χ0) is 18.0. The number of benzene rings is 1. The van der Waals surface area contributed by atoms with Gasteiger partial charge in [0.25, 0.3) is 0 Å². The van der Waals surface area contributed by atoms with Crippen LogP contribution >= 0.6 is 32.9 Å². The maximum Gasteiger partial charge on any atom is 0.219 e. The van der Waals surface area contributed by atoms with Crippen molar-refractivity contribution >= 4 is 38.8 Å². The van der Waals surface area contributed by atoms with Gasteiger partial charge in [0.15, 0.2) is 0 Å². The Kier molecular flexibility index (Phi) is 5.89. The van der Waals surface area contributed by atoms with Crippen molar-refractivity contribution in [3.05, 3.63) is 33.1 Å². The minimum absolute atomic E-state index is 0.134. The van der Waals surface area contributed by atoms with Crippen LogP contribution in [0.2, 0.25) is 0 Å². The molecule has 1 aromatic carbocycles. The molecule has 1 aromatic heterocycles. The fourth-order valence-corrected chi connectivity index (χ4v) is 6.24. The lowest BCUT2D eigenvalue weighted by molar-refractivity contribution is -0.130. The second kappa shape index (κ2) is 7.95. The molecular weight excluding hydrogens is 372 g/mol. The predicted octanol–water partition coefficient (Wildman–Crippen LogP) is 4.14. The molecule has 1 saturated heterocycles. The van der Waals surface area contributed by atoms with Gasteiger partial charge in [-0.25, -0.2) is 0 Å². The molecule has 1 fully saturated rings. The summed E-state index contributed by atoms with van der Waals surface area (Å²) < 4.78 is 0.970. The Morgan fingerprint density at radius 2 is 1.96 bits per heavy atom. The second-order valence-corrected chi connectivity index (χ2v) is 9.06. The summed E-state index contributed by atoms with van der Waals surface area (Å²) >= 11 is 5.43. The number of hydrogen-bond acceptors (Lipinski definition) is 6. The number of phenolic OH excluding ortho intramolecular Hbond substituents is 1. The van der Waals surface area contributed by atoms with Crippen LogP contribution in [0, 0.1) is 3.82 Å². The molecule has 0 saturated carbocycles. The van der Waals surface area contributed by atoms with Gasteiger partial charge in [-0.3, -0.25) is 9.69 Å². The molecule has 0 unspecified atom stereocenters. The van der Waals surface area contributed by atoms with Gasteiger partial charge in [-0.15, -0.1) is 0 Å². The third kappa shape index (κ3) is 4.11. The van der Waals surface area contributed by atoms with Crippen molar-refractivity contribution in [3.63, 3.8) is 0 Å². The first-order valence-corrected chi connectivity index (χ1v) is 11.0. The molecule has 0 aliphatic carbocycles. The van der Waals surface area contributed by atoms with Gasteiger partial charge in [-0.2, -0.15) is 0 Å². The van der Waals surface area contributed by atoms with E-state index in [-0.39, 0.29) is 5.91 Å². The highest BCUT2D eigenvalue weighted by molar-refractivity contribution is 7.80. The van der Waals surface area contributed by atoms with Crippen LogP contribution in [0.4, 0.5) is 0 Å². The number of amides is 1. The van der Waals surface area contributed by atoms with Crippen molar-refractivity contribution in [2.75, 3.05) is 26.2 Å². The molecule has 1 aliphatic heterocycles. The Bertz CT molecular complexity index is 820. The average Bonchev–Trinajstić information content (AvgIpc) is 2.98. The Balaban J connectivity index is 1.79. The molecule has 0 spiro atoms. The first-order chi connectivity index (χ1) is 12.0. The topological polar surface area (TPSA) is 43.8 Å². The molecule has 1 amide bonds. The van der Waals surface area contributed by atoms with Crippen LogP contribution in [-0.2, 0) is 17.8 Å². The molecule has 1 aliphatic rings. The van der Waals surface area contributed by atoms with Crippen LogP contribution in [0.25, 0.3) is 10.4 Å². The summed E-state index contributed by atoms with van der Waals surface area (Å²) in [6, 6.07) is 5.83. The van der Waals surface area contributed by atoms with E-state index < -0.39 is 0 Å². The molecule has 1 N–H and O–H groups in total. The largest absolute Gasteiger partial charge is 0.508 e. The van der Waals surface area contributed by atoms with Crippen LogP contribution < -0.4 is 0 Å². The van der Waals surface area contributed by atoms with Crippen molar-refractivity contribution < 1.29 is 9.90 Å². The van der Waals surface area contributed by atoms with Crippen LogP contribution in [0.1, 0.15) is 25.0 Å².